The van der Waals surface area contributed by atoms with Gasteiger partial charge in [-0.25, -0.2) is 14.4 Å². The lowest BCUT2D eigenvalue weighted by Crippen LogP contribution is -2.13. The van der Waals surface area contributed by atoms with Crippen molar-refractivity contribution in [1.82, 2.24) is 14.5 Å². The van der Waals surface area contributed by atoms with Gasteiger partial charge >= 0.3 is 0 Å². The van der Waals surface area contributed by atoms with Gasteiger partial charge in [0.1, 0.15) is 17.2 Å². The largest absolute Gasteiger partial charge is 0.334 e. The summed E-state index contributed by atoms with van der Waals surface area (Å²) in [6.45, 7) is 0. The molecule has 5 heteroatoms. The first-order chi connectivity index (χ1) is 12.1. The highest BCUT2D eigenvalue weighted by Crippen LogP contribution is 2.35. The number of rotatable bonds is 3. The highest BCUT2D eigenvalue weighted by Gasteiger charge is 2.18. The molecule has 1 aliphatic rings. The molecule has 2 heterocycles. The van der Waals surface area contributed by atoms with Crippen LogP contribution in [0.5, 0.6) is 0 Å². The molecule has 130 valence electrons. The predicted octanol–water partition coefficient (Wildman–Crippen LogP) is 4.92. The van der Waals surface area contributed by atoms with E-state index in [1.54, 1.807) is 23.5 Å². The second-order valence-corrected chi connectivity index (χ2v) is 6.99. The molecule has 4 rings (SSSR count). The van der Waals surface area contributed by atoms with Gasteiger partial charge < -0.3 is 9.47 Å². The van der Waals surface area contributed by atoms with Crippen LogP contribution in [0.25, 0.3) is 11.0 Å². The first kappa shape index (κ1) is 16.1. The first-order valence-electron chi connectivity index (χ1n) is 8.94. The van der Waals surface area contributed by atoms with Gasteiger partial charge in [-0.05, 0) is 36.5 Å². The highest BCUT2D eigenvalue weighted by molar-refractivity contribution is 5.78. The van der Waals surface area contributed by atoms with Crippen molar-refractivity contribution in [2.45, 2.75) is 38.0 Å². The van der Waals surface area contributed by atoms with Gasteiger partial charge in [-0.2, -0.15) is 0 Å². The van der Waals surface area contributed by atoms with E-state index in [4.69, 9.17) is 0 Å². The van der Waals surface area contributed by atoms with Crippen LogP contribution in [0.2, 0.25) is 0 Å². The van der Waals surface area contributed by atoms with Crippen LogP contribution in [0.15, 0.2) is 36.8 Å². The Labute approximate surface area is 147 Å². The first-order valence-corrected chi connectivity index (χ1v) is 8.94. The molecule has 1 fully saturated rings. The predicted molar refractivity (Wildman–Crippen MR) is 98.8 cm³/mol. The number of aryl methyl sites for hydroxylation is 1. The summed E-state index contributed by atoms with van der Waals surface area (Å²) in [6, 6.07) is 7.61. The van der Waals surface area contributed by atoms with E-state index in [0.29, 0.717) is 17.4 Å². The molecular weight excluding hydrogens is 315 g/mol. The van der Waals surface area contributed by atoms with Gasteiger partial charge in [0.15, 0.2) is 0 Å². The number of nitrogens with zero attached hydrogens (tertiary/aromatic N) is 4. The van der Waals surface area contributed by atoms with Crippen LogP contribution >= 0.6 is 0 Å². The SMILES string of the molecule is CN(c1cc2c(cn1)ncn2C)c1ccc(C2CCCCC2)cc1F. The molecule has 0 spiro atoms. The maximum absolute atomic E-state index is 14.8. The Bertz CT molecular complexity index is 896. The molecule has 0 bridgehead atoms. The van der Waals surface area contributed by atoms with Crippen LogP contribution < -0.4 is 4.90 Å². The highest BCUT2D eigenvalue weighted by atomic mass is 19.1. The average molecular weight is 338 g/mol. The molecule has 0 atom stereocenters. The summed E-state index contributed by atoms with van der Waals surface area (Å²) in [5.41, 5.74) is 3.50. The molecule has 0 N–H and O–H groups in total. The van der Waals surface area contributed by atoms with Crippen molar-refractivity contribution in [1.29, 1.82) is 0 Å². The zero-order valence-corrected chi connectivity index (χ0v) is 14.7. The van der Waals surface area contributed by atoms with E-state index in [1.807, 2.05) is 30.8 Å². The molecule has 0 amide bonds. The summed E-state index contributed by atoms with van der Waals surface area (Å²) in [5.74, 6) is 1.03. The molecule has 0 unspecified atom stereocenters. The van der Waals surface area contributed by atoms with Gasteiger partial charge in [0.25, 0.3) is 0 Å². The van der Waals surface area contributed by atoms with Crippen LogP contribution in [0.3, 0.4) is 0 Å². The molecule has 0 aliphatic heterocycles. The lowest BCUT2D eigenvalue weighted by molar-refractivity contribution is 0.442. The molecule has 3 aromatic rings. The normalized spacial score (nSPS) is 15.6. The Kier molecular flexibility index (Phi) is 4.15. The third-order valence-corrected chi connectivity index (χ3v) is 5.35. The van der Waals surface area contributed by atoms with Crippen LogP contribution in [-0.2, 0) is 7.05 Å². The van der Waals surface area contributed by atoms with Gasteiger partial charge in [0, 0.05) is 20.2 Å². The molecule has 1 aliphatic carbocycles. The quantitative estimate of drug-likeness (QED) is 0.679. The zero-order chi connectivity index (χ0) is 17.4. The lowest BCUT2D eigenvalue weighted by atomic mass is 9.84. The number of aromatic nitrogens is 3. The molecular formula is C20H23FN4. The fraction of sp³-hybridized carbons (Fsp3) is 0.400. The Morgan fingerprint density at radius 2 is 1.92 bits per heavy atom. The zero-order valence-electron chi connectivity index (χ0n) is 14.7. The lowest BCUT2D eigenvalue weighted by Gasteiger charge is -2.24. The fourth-order valence-corrected chi connectivity index (χ4v) is 3.81. The van der Waals surface area contributed by atoms with Crippen molar-refractivity contribution in [3.8, 4) is 0 Å². The number of halogens is 1. The number of benzene rings is 1. The summed E-state index contributed by atoms with van der Waals surface area (Å²) < 4.78 is 16.7. The Hall–Kier alpha value is -2.43. The van der Waals surface area contributed by atoms with Crippen molar-refractivity contribution in [2.24, 2.45) is 7.05 Å². The van der Waals surface area contributed by atoms with E-state index in [9.17, 15) is 4.39 Å². The van der Waals surface area contributed by atoms with Crippen molar-refractivity contribution < 1.29 is 4.39 Å². The number of hydrogen-bond donors (Lipinski definition) is 0. The van der Waals surface area contributed by atoms with Gasteiger partial charge in [0.2, 0.25) is 0 Å². The standard InChI is InChI=1S/C20H23FN4/c1-24-13-23-17-12-22-20(11-19(17)24)25(2)18-9-8-15(10-16(18)21)14-6-4-3-5-7-14/h8-14H,3-7H2,1-2H3. The summed E-state index contributed by atoms with van der Waals surface area (Å²) >= 11 is 0. The monoisotopic (exact) mass is 338 g/mol. The number of imidazole rings is 1. The minimum Gasteiger partial charge on any atom is -0.334 e. The van der Waals surface area contributed by atoms with Gasteiger partial charge in [-0.15, -0.1) is 0 Å². The van der Waals surface area contributed by atoms with E-state index in [0.717, 1.165) is 16.6 Å². The smallest absolute Gasteiger partial charge is 0.147 e. The fourth-order valence-electron chi connectivity index (χ4n) is 3.81. The number of hydrogen-bond acceptors (Lipinski definition) is 3. The van der Waals surface area contributed by atoms with Crippen LogP contribution in [0.4, 0.5) is 15.9 Å². The molecule has 1 aromatic carbocycles. The molecule has 0 radical (unpaired) electrons. The topological polar surface area (TPSA) is 34.0 Å². The minimum absolute atomic E-state index is 0.183. The van der Waals surface area contributed by atoms with E-state index in [-0.39, 0.29) is 5.82 Å². The van der Waals surface area contributed by atoms with Crippen LogP contribution in [0.1, 0.15) is 43.6 Å². The Morgan fingerprint density at radius 3 is 2.68 bits per heavy atom. The molecule has 1 saturated carbocycles. The second-order valence-electron chi connectivity index (χ2n) is 6.99. The third kappa shape index (κ3) is 2.99. The summed E-state index contributed by atoms with van der Waals surface area (Å²) in [5, 5.41) is 0. The maximum atomic E-state index is 14.8. The van der Waals surface area contributed by atoms with Gasteiger partial charge in [-0.3, -0.25) is 0 Å². The average Bonchev–Trinajstić information content (AvgIpc) is 3.02. The van der Waals surface area contributed by atoms with Crippen molar-refractivity contribution in [3.05, 3.63) is 48.2 Å². The van der Waals surface area contributed by atoms with Gasteiger partial charge in [0.05, 0.1) is 23.7 Å². The van der Waals surface area contributed by atoms with Crippen molar-refractivity contribution in [2.75, 3.05) is 11.9 Å². The van der Waals surface area contributed by atoms with Gasteiger partial charge in [-0.1, -0.05) is 25.3 Å². The Balaban J connectivity index is 1.64. The van der Waals surface area contributed by atoms with E-state index in [1.165, 1.54) is 32.1 Å². The van der Waals surface area contributed by atoms with Crippen LogP contribution in [0, 0.1) is 5.82 Å². The third-order valence-electron chi connectivity index (χ3n) is 5.35. The number of fused-ring (bicyclic) bond motifs is 1. The molecule has 2 aromatic heterocycles. The summed E-state index contributed by atoms with van der Waals surface area (Å²) in [4.78, 5) is 10.5. The molecule has 25 heavy (non-hydrogen) atoms. The second kappa shape index (κ2) is 6.47. The van der Waals surface area contributed by atoms with Crippen molar-refractivity contribution >= 4 is 22.5 Å². The summed E-state index contributed by atoms with van der Waals surface area (Å²) in [6.07, 6.45) is 9.65. The van der Waals surface area contributed by atoms with Crippen LogP contribution in [-0.4, -0.2) is 21.6 Å². The van der Waals surface area contributed by atoms with Crippen molar-refractivity contribution in [3.63, 3.8) is 0 Å². The van der Waals surface area contributed by atoms with E-state index >= 15 is 0 Å². The minimum atomic E-state index is -0.183. The summed E-state index contributed by atoms with van der Waals surface area (Å²) in [7, 11) is 3.79. The molecule has 4 nitrogen and oxygen atoms in total. The number of anilines is 2. The van der Waals surface area contributed by atoms with E-state index < -0.39 is 0 Å². The Morgan fingerprint density at radius 1 is 1.12 bits per heavy atom. The number of pyridine rings is 1. The van der Waals surface area contributed by atoms with E-state index in [2.05, 4.69) is 16.0 Å². The maximum Gasteiger partial charge on any atom is 0.147 e. The molecule has 0 saturated heterocycles.